The molecule has 1 aliphatic heterocycles. The van der Waals surface area contributed by atoms with E-state index in [9.17, 15) is 0 Å². The fraction of sp³-hybridized carbons (Fsp3) is 0.400. The van der Waals surface area contributed by atoms with Crippen molar-refractivity contribution in [3.8, 4) is 0 Å². The van der Waals surface area contributed by atoms with E-state index in [0.29, 0.717) is 6.04 Å². The summed E-state index contributed by atoms with van der Waals surface area (Å²) >= 11 is 0. The fourth-order valence-corrected chi connectivity index (χ4v) is 2.60. The summed E-state index contributed by atoms with van der Waals surface area (Å²) in [5.74, 6) is 0. The van der Waals surface area contributed by atoms with Crippen molar-refractivity contribution in [2.75, 3.05) is 26.7 Å². The Morgan fingerprint density at radius 2 is 2.17 bits per heavy atom. The first kappa shape index (κ1) is 11.6. The lowest BCUT2D eigenvalue weighted by molar-refractivity contribution is 0.238. The normalized spacial score (nSPS) is 21.3. The van der Waals surface area contributed by atoms with Crippen molar-refractivity contribution in [3.05, 3.63) is 41.6 Å². The standard InChI is InChI=1S/C15H19N3/c1-11-4-3-5-12-6-7-13(17-15(11)12)14-10-18(2)9-8-16-14/h3-7,14,16H,8-10H2,1-2H3. The Kier molecular flexibility index (Phi) is 3.02. The second-order valence-corrected chi connectivity index (χ2v) is 5.15. The van der Waals surface area contributed by atoms with Gasteiger partial charge in [-0.2, -0.15) is 0 Å². The van der Waals surface area contributed by atoms with Crippen LogP contribution in [0.3, 0.4) is 0 Å². The van der Waals surface area contributed by atoms with Gasteiger partial charge in [0.2, 0.25) is 0 Å². The lowest BCUT2D eigenvalue weighted by Crippen LogP contribution is -2.44. The first-order valence-corrected chi connectivity index (χ1v) is 6.52. The highest BCUT2D eigenvalue weighted by molar-refractivity contribution is 5.81. The quantitative estimate of drug-likeness (QED) is 0.829. The topological polar surface area (TPSA) is 28.2 Å². The fourth-order valence-electron chi connectivity index (χ4n) is 2.60. The Hall–Kier alpha value is -1.45. The average molecular weight is 241 g/mol. The van der Waals surface area contributed by atoms with Crippen LogP contribution in [0.1, 0.15) is 17.3 Å². The number of para-hydroxylation sites is 1. The monoisotopic (exact) mass is 241 g/mol. The molecule has 1 atom stereocenters. The van der Waals surface area contributed by atoms with Crippen molar-refractivity contribution in [2.24, 2.45) is 0 Å². The molecule has 0 radical (unpaired) electrons. The van der Waals surface area contributed by atoms with E-state index in [4.69, 9.17) is 4.98 Å². The minimum Gasteiger partial charge on any atom is -0.306 e. The number of nitrogens with zero attached hydrogens (tertiary/aromatic N) is 2. The minimum atomic E-state index is 0.354. The van der Waals surface area contributed by atoms with Gasteiger partial charge in [-0.15, -0.1) is 0 Å². The molecule has 1 saturated heterocycles. The number of aromatic nitrogens is 1. The molecule has 1 aliphatic rings. The van der Waals surface area contributed by atoms with Gasteiger partial charge < -0.3 is 10.2 Å². The zero-order chi connectivity index (χ0) is 12.5. The smallest absolute Gasteiger partial charge is 0.0735 e. The number of nitrogens with one attached hydrogen (secondary N) is 1. The van der Waals surface area contributed by atoms with Crippen LogP contribution in [-0.2, 0) is 0 Å². The number of pyridine rings is 1. The molecule has 0 spiro atoms. The largest absolute Gasteiger partial charge is 0.306 e. The molecule has 18 heavy (non-hydrogen) atoms. The van der Waals surface area contributed by atoms with Gasteiger partial charge in [-0.3, -0.25) is 4.98 Å². The van der Waals surface area contributed by atoms with Crippen LogP contribution in [0.4, 0.5) is 0 Å². The molecular weight excluding hydrogens is 222 g/mol. The zero-order valence-electron chi connectivity index (χ0n) is 11.0. The van der Waals surface area contributed by atoms with Gasteiger partial charge in [0.15, 0.2) is 0 Å². The molecule has 2 heterocycles. The summed E-state index contributed by atoms with van der Waals surface area (Å²) in [7, 11) is 2.17. The number of hydrogen-bond donors (Lipinski definition) is 1. The van der Waals surface area contributed by atoms with Crippen molar-refractivity contribution in [2.45, 2.75) is 13.0 Å². The highest BCUT2D eigenvalue weighted by Gasteiger charge is 2.19. The van der Waals surface area contributed by atoms with Gasteiger partial charge in [0.25, 0.3) is 0 Å². The maximum atomic E-state index is 4.84. The number of piperazine rings is 1. The molecule has 0 amide bonds. The summed E-state index contributed by atoms with van der Waals surface area (Å²) in [6.45, 7) is 5.31. The van der Waals surface area contributed by atoms with Crippen LogP contribution in [0.15, 0.2) is 30.3 Å². The molecule has 0 saturated carbocycles. The van der Waals surface area contributed by atoms with Crippen molar-refractivity contribution < 1.29 is 0 Å². The third-order valence-electron chi connectivity index (χ3n) is 3.68. The van der Waals surface area contributed by atoms with Crippen LogP contribution in [0, 0.1) is 6.92 Å². The Morgan fingerprint density at radius 1 is 1.28 bits per heavy atom. The number of hydrogen-bond acceptors (Lipinski definition) is 3. The van der Waals surface area contributed by atoms with Crippen molar-refractivity contribution >= 4 is 10.9 Å². The maximum Gasteiger partial charge on any atom is 0.0735 e. The van der Waals surface area contributed by atoms with Gasteiger partial charge in [0.1, 0.15) is 0 Å². The van der Waals surface area contributed by atoms with E-state index in [2.05, 4.69) is 54.5 Å². The van der Waals surface area contributed by atoms with Crippen molar-refractivity contribution in [1.29, 1.82) is 0 Å². The molecular formula is C15H19N3. The van der Waals surface area contributed by atoms with Crippen LogP contribution in [0.5, 0.6) is 0 Å². The highest BCUT2D eigenvalue weighted by Crippen LogP contribution is 2.21. The molecule has 3 nitrogen and oxygen atoms in total. The van der Waals surface area contributed by atoms with Gasteiger partial charge in [-0.25, -0.2) is 0 Å². The Balaban J connectivity index is 1.99. The lowest BCUT2D eigenvalue weighted by Gasteiger charge is -2.30. The molecule has 1 fully saturated rings. The Labute approximate surface area is 108 Å². The molecule has 1 N–H and O–H groups in total. The molecule has 3 rings (SSSR count). The van der Waals surface area contributed by atoms with Crippen LogP contribution in [0.25, 0.3) is 10.9 Å². The van der Waals surface area contributed by atoms with Gasteiger partial charge in [-0.05, 0) is 25.6 Å². The molecule has 1 aromatic carbocycles. The SMILES string of the molecule is Cc1cccc2ccc(C3CN(C)CCN3)nc12. The van der Waals surface area contributed by atoms with Crippen LogP contribution < -0.4 is 5.32 Å². The van der Waals surface area contributed by atoms with Gasteiger partial charge >= 0.3 is 0 Å². The summed E-state index contributed by atoms with van der Waals surface area (Å²) in [5, 5.41) is 4.77. The van der Waals surface area contributed by atoms with Crippen molar-refractivity contribution in [1.82, 2.24) is 15.2 Å². The maximum absolute atomic E-state index is 4.84. The highest BCUT2D eigenvalue weighted by atomic mass is 15.2. The summed E-state index contributed by atoms with van der Waals surface area (Å²) in [6, 6.07) is 11.0. The second-order valence-electron chi connectivity index (χ2n) is 5.15. The Bertz CT molecular complexity index is 565. The minimum absolute atomic E-state index is 0.354. The number of aryl methyl sites for hydroxylation is 1. The van der Waals surface area contributed by atoms with E-state index in [-0.39, 0.29) is 0 Å². The second kappa shape index (κ2) is 4.67. The molecule has 94 valence electrons. The zero-order valence-corrected chi connectivity index (χ0v) is 11.0. The molecule has 2 aromatic rings. The molecule has 0 bridgehead atoms. The predicted molar refractivity (Wildman–Crippen MR) is 74.7 cm³/mol. The number of fused-ring (bicyclic) bond motifs is 1. The predicted octanol–water partition coefficient (Wildman–Crippen LogP) is 2.12. The van der Waals surface area contributed by atoms with Gasteiger partial charge in [0, 0.05) is 25.0 Å². The first-order valence-electron chi connectivity index (χ1n) is 6.52. The third kappa shape index (κ3) is 2.11. The van der Waals surface area contributed by atoms with E-state index in [0.717, 1.165) is 30.8 Å². The molecule has 0 aliphatic carbocycles. The number of likely N-dealkylation sites (N-methyl/N-ethyl adjacent to an activating group) is 1. The number of benzene rings is 1. The van der Waals surface area contributed by atoms with Crippen LogP contribution >= 0.6 is 0 Å². The summed E-state index contributed by atoms with van der Waals surface area (Å²) in [6.07, 6.45) is 0. The van der Waals surface area contributed by atoms with Gasteiger partial charge in [0.05, 0.1) is 17.3 Å². The van der Waals surface area contributed by atoms with Crippen LogP contribution in [-0.4, -0.2) is 36.6 Å². The first-order chi connectivity index (χ1) is 8.74. The Morgan fingerprint density at radius 3 is 3.00 bits per heavy atom. The number of rotatable bonds is 1. The summed E-state index contributed by atoms with van der Waals surface area (Å²) in [5.41, 5.74) is 3.53. The van der Waals surface area contributed by atoms with E-state index in [1.54, 1.807) is 0 Å². The van der Waals surface area contributed by atoms with E-state index < -0.39 is 0 Å². The van der Waals surface area contributed by atoms with E-state index in [1.165, 1.54) is 10.9 Å². The molecule has 1 unspecified atom stereocenters. The lowest BCUT2D eigenvalue weighted by atomic mass is 10.1. The van der Waals surface area contributed by atoms with Crippen LogP contribution in [0.2, 0.25) is 0 Å². The van der Waals surface area contributed by atoms with Gasteiger partial charge in [-0.1, -0.05) is 24.3 Å². The summed E-state index contributed by atoms with van der Waals surface area (Å²) < 4.78 is 0. The average Bonchev–Trinajstić information content (AvgIpc) is 2.39. The third-order valence-corrected chi connectivity index (χ3v) is 3.68. The molecule has 3 heteroatoms. The molecule has 1 aromatic heterocycles. The van der Waals surface area contributed by atoms with E-state index in [1.807, 2.05) is 0 Å². The van der Waals surface area contributed by atoms with E-state index >= 15 is 0 Å². The summed E-state index contributed by atoms with van der Waals surface area (Å²) in [4.78, 5) is 7.20. The van der Waals surface area contributed by atoms with Crippen molar-refractivity contribution in [3.63, 3.8) is 0 Å².